The fourth-order valence-corrected chi connectivity index (χ4v) is 3.19. The van der Waals surface area contributed by atoms with E-state index in [-0.39, 0.29) is 11.7 Å². The van der Waals surface area contributed by atoms with E-state index in [1.807, 2.05) is 13.8 Å². The lowest BCUT2D eigenvalue weighted by molar-refractivity contribution is -0.157. The van der Waals surface area contributed by atoms with Crippen molar-refractivity contribution < 1.29 is 19.1 Å². The fraction of sp³-hybridized carbons (Fsp3) is 0.600. The summed E-state index contributed by atoms with van der Waals surface area (Å²) in [5.74, 6) is -1.02. The van der Waals surface area contributed by atoms with Gasteiger partial charge in [-0.25, -0.2) is 0 Å². The molecule has 0 aromatic heterocycles. The van der Waals surface area contributed by atoms with Crippen LogP contribution in [-0.2, 0) is 19.1 Å². The largest absolute Gasteiger partial charge is 0.453 e. The van der Waals surface area contributed by atoms with E-state index in [1.54, 1.807) is 6.08 Å². The molecule has 0 amide bonds. The van der Waals surface area contributed by atoms with Crippen molar-refractivity contribution in [3.8, 4) is 0 Å². The monoisotopic (exact) mass is 298 g/mol. The molecule has 2 rings (SSSR count). The maximum atomic E-state index is 12.1. The fourth-order valence-electron chi connectivity index (χ4n) is 2.83. The second-order valence-corrected chi connectivity index (χ2v) is 5.85. The Bertz CT molecular complexity index is 494. The molecular weight excluding hydrogens is 280 g/mol. The highest BCUT2D eigenvalue weighted by Gasteiger charge is 2.52. The van der Waals surface area contributed by atoms with Gasteiger partial charge in [0.25, 0.3) is 0 Å². The van der Waals surface area contributed by atoms with Gasteiger partial charge < -0.3 is 9.47 Å². The molecule has 0 N–H and O–H groups in total. The molecule has 0 bridgehead atoms. The molecule has 0 aromatic rings. The Morgan fingerprint density at radius 2 is 2.30 bits per heavy atom. The first-order chi connectivity index (χ1) is 9.39. The minimum atomic E-state index is -0.842. The van der Waals surface area contributed by atoms with Crippen molar-refractivity contribution in [2.45, 2.75) is 45.3 Å². The Hall–Kier alpha value is -1.13. The number of carbonyl (C=O) groups is 2. The second-order valence-electron chi connectivity index (χ2n) is 5.40. The molecule has 1 aliphatic carbocycles. The summed E-state index contributed by atoms with van der Waals surface area (Å²) >= 11 is 6.34. The van der Waals surface area contributed by atoms with E-state index >= 15 is 0 Å². The van der Waals surface area contributed by atoms with Crippen molar-refractivity contribution in [1.29, 1.82) is 0 Å². The summed E-state index contributed by atoms with van der Waals surface area (Å²) < 4.78 is 11.0. The van der Waals surface area contributed by atoms with Gasteiger partial charge in [0.15, 0.2) is 11.9 Å². The van der Waals surface area contributed by atoms with E-state index in [4.69, 9.17) is 21.1 Å². The van der Waals surface area contributed by atoms with Crippen LogP contribution in [0, 0.1) is 5.92 Å². The first-order valence-electron chi connectivity index (χ1n) is 6.80. The Labute approximate surface area is 123 Å². The highest BCUT2D eigenvalue weighted by molar-refractivity contribution is 6.30. The minimum Gasteiger partial charge on any atom is -0.453 e. The van der Waals surface area contributed by atoms with E-state index in [1.165, 1.54) is 13.0 Å². The van der Waals surface area contributed by atoms with Crippen LogP contribution in [0.4, 0.5) is 0 Å². The number of halogens is 1. The third kappa shape index (κ3) is 2.67. The lowest BCUT2D eigenvalue weighted by Gasteiger charge is -2.35. The Morgan fingerprint density at radius 1 is 1.60 bits per heavy atom. The summed E-state index contributed by atoms with van der Waals surface area (Å²) in [5, 5.41) is 0.710. The molecule has 0 spiro atoms. The van der Waals surface area contributed by atoms with Crippen LogP contribution in [0.1, 0.15) is 33.6 Å². The highest BCUT2D eigenvalue weighted by atomic mass is 35.5. The molecule has 110 valence electrons. The van der Waals surface area contributed by atoms with Gasteiger partial charge in [-0.15, -0.1) is 0 Å². The smallest absolute Gasteiger partial charge is 0.303 e. The average Bonchev–Trinajstić information content (AvgIpc) is 2.72. The Kier molecular flexibility index (Phi) is 4.35. The molecule has 1 saturated heterocycles. The molecule has 0 unspecified atom stereocenters. The van der Waals surface area contributed by atoms with E-state index in [0.29, 0.717) is 11.6 Å². The summed E-state index contributed by atoms with van der Waals surface area (Å²) in [5.41, 5.74) is 0.233. The van der Waals surface area contributed by atoms with Gasteiger partial charge in [0.1, 0.15) is 0 Å². The van der Waals surface area contributed by atoms with Crippen LogP contribution in [0.2, 0.25) is 0 Å². The van der Waals surface area contributed by atoms with Crippen molar-refractivity contribution in [3.63, 3.8) is 0 Å². The summed E-state index contributed by atoms with van der Waals surface area (Å²) in [6, 6.07) is 0. The van der Waals surface area contributed by atoms with Crippen LogP contribution >= 0.6 is 11.6 Å². The highest BCUT2D eigenvalue weighted by Crippen LogP contribution is 2.45. The number of esters is 1. The van der Waals surface area contributed by atoms with Crippen LogP contribution < -0.4 is 0 Å². The molecule has 1 fully saturated rings. The maximum Gasteiger partial charge on any atom is 0.303 e. The van der Waals surface area contributed by atoms with Crippen LogP contribution in [0.15, 0.2) is 22.8 Å². The van der Waals surface area contributed by atoms with Crippen molar-refractivity contribution in [2.24, 2.45) is 5.92 Å². The Balaban J connectivity index is 2.42. The lowest BCUT2D eigenvalue weighted by atomic mass is 9.76. The molecule has 0 radical (unpaired) electrons. The number of ketones is 1. The molecule has 0 aromatic carbocycles. The molecule has 5 heteroatoms. The maximum absolute atomic E-state index is 12.1. The molecule has 0 saturated carbocycles. The van der Waals surface area contributed by atoms with Gasteiger partial charge in [-0.1, -0.05) is 24.9 Å². The number of ether oxygens (including phenoxy) is 2. The molecular formula is C15H19ClO4. The van der Waals surface area contributed by atoms with Crippen LogP contribution in [-0.4, -0.2) is 30.1 Å². The SMILES string of the molecule is CCC/C(Cl)=C1\CO[C@]2(C)C=CC(=O)[C@@H](OC(C)=O)[C@H]12. The van der Waals surface area contributed by atoms with Crippen molar-refractivity contribution in [2.75, 3.05) is 6.61 Å². The summed E-state index contributed by atoms with van der Waals surface area (Å²) in [7, 11) is 0. The van der Waals surface area contributed by atoms with Gasteiger partial charge in [0.2, 0.25) is 0 Å². The normalized spacial score (nSPS) is 34.9. The third-order valence-electron chi connectivity index (χ3n) is 3.80. The number of rotatable bonds is 3. The predicted molar refractivity (Wildman–Crippen MR) is 75.3 cm³/mol. The number of allylic oxidation sites excluding steroid dienone is 1. The van der Waals surface area contributed by atoms with Crippen molar-refractivity contribution in [3.05, 3.63) is 22.8 Å². The first-order valence-corrected chi connectivity index (χ1v) is 7.18. The van der Waals surface area contributed by atoms with Gasteiger partial charge in [-0.2, -0.15) is 0 Å². The van der Waals surface area contributed by atoms with E-state index in [9.17, 15) is 9.59 Å². The van der Waals surface area contributed by atoms with Gasteiger partial charge in [0.05, 0.1) is 18.1 Å². The molecule has 20 heavy (non-hydrogen) atoms. The minimum absolute atomic E-state index is 0.216. The van der Waals surface area contributed by atoms with E-state index in [0.717, 1.165) is 18.4 Å². The predicted octanol–water partition coefficient (Wildman–Crippen LogP) is 2.76. The zero-order chi connectivity index (χ0) is 14.9. The number of carbonyl (C=O) groups excluding carboxylic acids is 2. The van der Waals surface area contributed by atoms with E-state index in [2.05, 4.69) is 0 Å². The molecule has 1 aliphatic heterocycles. The summed E-state index contributed by atoms with van der Waals surface area (Å²) in [4.78, 5) is 23.3. The quantitative estimate of drug-likeness (QED) is 0.752. The summed E-state index contributed by atoms with van der Waals surface area (Å²) in [6.45, 7) is 5.60. The zero-order valence-corrected chi connectivity index (χ0v) is 12.7. The van der Waals surface area contributed by atoms with Gasteiger partial charge in [0, 0.05) is 12.0 Å². The number of fused-ring (bicyclic) bond motifs is 1. The number of hydrogen-bond acceptors (Lipinski definition) is 4. The standard InChI is InChI=1S/C15H19ClO4/c1-4-5-11(16)10-8-19-15(3)7-6-12(18)14(13(10)15)20-9(2)17/h6-7,13-14H,4-5,8H2,1-3H3/b11-10-/t13-,14+,15+/m0/s1. The van der Waals surface area contributed by atoms with Crippen LogP contribution in [0.5, 0.6) is 0 Å². The Morgan fingerprint density at radius 3 is 2.90 bits per heavy atom. The van der Waals surface area contributed by atoms with Crippen molar-refractivity contribution in [1.82, 2.24) is 0 Å². The lowest BCUT2D eigenvalue weighted by Crippen LogP contribution is -2.47. The molecule has 1 heterocycles. The van der Waals surface area contributed by atoms with Gasteiger partial charge in [-0.05, 0) is 31.1 Å². The topological polar surface area (TPSA) is 52.6 Å². The molecule has 4 nitrogen and oxygen atoms in total. The van der Waals surface area contributed by atoms with Crippen LogP contribution in [0.3, 0.4) is 0 Å². The molecule has 2 aliphatic rings. The zero-order valence-electron chi connectivity index (χ0n) is 11.9. The second kappa shape index (κ2) is 5.70. The first kappa shape index (κ1) is 15.3. The van der Waals surface area contributed by atoms with Crippen LogP contribution in [0.25, 0.3) is 0 Å². The van der Waals surface area contributed by atoms with Gasteiger partial charge in [-0.3, -0.25) is 9.59 Å². The average molecular weight is 299 g/mol. The summed E-state index contributed by atoms with van der Waals surface area (Å²) in [6.07, 6.45) is 3.97. The van der Waals surface area contributed by atoms with E-state index < -0.39 is 17.7 Å². The van der Waals surface area contributed by atoms with Gasteiger partial charge >= 0.3 is 5.97 Å². The number of hydrogen-bond donors (Lipinski definition) is 0. The molecule has 3 atom stereocenters. The van der Waals surface area contributed by atoms with Crippen molar-refractivity contribution >= 4 is 23.4 Å². The third-order valence-corrected chi connectivity index (χ3v) is 4.24.